The molecular formula is C22H40O6. The van der Waals surface area contributed by atoms with Crippen molar-refractivity contribution in [1.82, 2.24) is 0 Å². The number of aliphatic hydroxyl groups excluding tert-OH is 2. The predicted octanol–water partition coefficient (Wildman–Crippen LogP) is 4.26. The van der Waals surface area contributed by atoms with E-state index in [0.717, 1.165) is 0 Å². The summed E-state index contributed by atoms with van der Waals surface area (Å²) in [5, 5.41) is 46.2. The van der Waals surface area contributed by atoms with E-state index < -0.39 is 56.0 Å². The number of esters is 1. The lowest BCUT2D eigenvalue weighted by Crippen LogP contribution is -2.83. The standard InChI is InChI=1S/C22H40O6/c1-16(2,3)20(14(24)13(23)15(25)28-20)22(27,19(10,11)12)21(26,17(4,5)6)18(7,8)9/h23-24,26-27H,1-12H3/t20-,22-/m1/s1. The van der Waals surface area contributed by atoms with Crippen LogP contribution in [0.2, 0.25) is 0 Å². The molecule has 1 aliphatic rings. The third-order valence-corrected chi connectivity index (χ3v) is 6.34. The summed E-state index contributed by atoms with van der Waals surface area (Å²) >= 11 is 0. The number of hydrogen-bond acceptors (Lipinski definition) is 6. The topological polar surface area (TPSA) is 107 Å². The van der Waals surface area contributed by atoms with Crippen molar-refractivity contribution >= 4 is 5.97 Å². The molecule has 0 saturated carbocycles. The van der Waals surface area contributed by atoms with Gasteiger partial charge in [-0.1, -0.05) is 83.1 Å². The lowest BCUT2D eigenvalue weighted by atomic mass is 9.42. The molecule has 4 N–H and O–H groups in total. The number of carbonyl (C=O) groups is 1. The highest BCUT2D eigenvalue weighted by Crippen LogP contribution is 2.66. The average molecular weight is 401 g/mol. The Morgan fingerprint density at radius 1 is 0.714 bits per heavy atom. The minimum atomic E-state index is -2.20. The zero-order chi connectivity index (χ0) is 22.9. The summed E-state index contributed by atoms with van der Waals surface area (Å²) in [5.41, 5.74) is -10.1. The minimum Gasteiger partial charge on any atom is -0.505 e. The molecule has 0 fully saturated rings. The summed E-state index contributed by atoms with van der Waals surface area (Å²) in [7, 11) is 0. The van der Waals surface area contributed by atoms with Gasteiger partial charge >= 0.3 is 5.97 Å². The maximum atomic E-state index is 12.6. The number of aliphatic hydroxyl groups is 4. The Kier molecular flexibility index (Phi) is 5.41. The summed E-state index contributed by atoms with van der Waals surface area (Å²) in [6, 6.07) is 0. The fourth-order valence-electron chi connectivity index (χ4n) is 5.33. The van der Waals surface area contributed by atoms with Crippen molar-refractivity contribution in [3.05, 3.63) is 11.5 Å². The fourth-order valence-corrected chi connectivity index (χ4v) is 5.33. The summed E-state index contributed by atoms with van der Waals surface area (Å²) in [5.74, 6) is -2.82. The highest BCUT2D eigenvalue weighted by Gasteiger charge is 2.81. The summed E-state index contributed by atoms with van der Waals surface area (Å²) in [6.07, 6.45) is 0. The zero-order valence-electron chi connectivity index (χ0n) is 19.6. The second-order valence-electron chi connectivity index (χ2n) is 12.2. The van der Waals surface area contributed by atoms with E-state index in [9.17, 15) is 25.2 Å². The first kappa shape index (κ1) is 24.8. The average Bonchev–Trinajstić information content (AvgIpc) is 2.66. The van der Waals surface area contributed by atoms with Crippen LogP contribution >= 0.6 is 0 Å². The summed E-state index contributed by atoms with van der Waals surface area (Å²) in [6.45, 7) is 21.0. The van der Waals surface area contributed by atoms with E-state index in [1.54, 1.807) is 83.1 Å². The van der Waals surface area contributed by atoms with Crippen LogP contribution in [-0.2, 0) is 9.53 Å². The molecule has 2 atom stereocenters. The maximum Gasteiger partial charge on any atom is 0.378 e. The third kappa shape index (κ3) is 2.71. The summed E-state index contributed by atoms with van der Waals surface area (Å²) < 4.78 is 5.64. The van der Waals surface area contributed by atoms with E-state index >= 15 is 0 Å². The first-order valence-electron chi connectivity index (χ1n) is 9.76. The molecule has 0 radical (unpaired) electrons. The van der Waals surface area contributed by atoms with Crippen molar-refractivity contribution in [2.45, 2.75) is 99.9 Å². The maximum absolute atomic E-state index is 12.6. The zero-order valence-corrected chi connectivity index (χ0v) is 19.6. The van der Waals surface area contributed by atoms with Crippen LogP contribution in [0.25, 0.3) is 0 Å². The quantitative estimate of drug-likeness (QED) is 0.516. The second-order valence-corrected chi connectivity index (χ2v) is 12.2. The van der Waals surface area contributed by atoms with Crippen LogP contribution in [0, 0.1) is 21.7 Å². The minimum absolute atomic E-state index is 0.755. The molecule has 164 valence electrons. The molecular weight excluding hydrogens is 360 g/mol. The van der Waals surface area contributed by atoms with E-state index in [2.05, 4.69) is 0 Å². The van der Waals surface area contributed by atoms with E-state index in [1.165, 1.54) is 0 Å². The molecule has 0 aliphatic carbocycles. The van der Waals surface area contributed by atoms with E-state index in [1.807, 2.05) is 0 Å². The summed E-state index contributed by atoms with van der Waals surface area (Å²) in [4.78, 5) is 12.4. The molecule has 0 aromatic rings. The molecule has 1 heterocycles. The molecule has 0 aromatic heterocycles. The van der Waals surface area contributed by atoms with Gasteiger partial charge in [0, 0.05) is 5.41 Å². The van der Waals surface area contributed by atoms with E-state index in [0.29, 0.717) is 0 Å². The van der Waals surface area contributed by atoms with Crippen molar-refractivity contribution in [3.63, 3.8) is 0 Å². The Balaban J connectivity index is 4.33. The normalized spacial score (nSPS) is 25.0. The van der Waals surface area contributed by atoms with Gasteiger partial charge in [-0.3, -0.25) is 0 Å². The molecule has 0 amide bonds. The van der Waals surface area contributed by atoms with Crippen LogP contribution in [0.3, 0.4) is 0 Å². The van der Waals surface area contributed by atoms with Crippen LogP contribution in [0.4, 0.5) is 0 Å². The number of hydrogen-bond donors (Lipinski definition) is 4. The van der Waals surface area contributed by atoms with Crippen LogP contribution in [0.1, 0.15) is 83.1 Å². The first-order valence-corrected chi connectivity index (χ1v) is 9.76. The van der Waals surface area contributed by atoms with Crippen molar-refractivity contribution in [3.8, 4) is 0 Å². The van der Waals surface area contributed by atoms with Gasteiger partial charge in [-0.25, -0.2) is 4.79 Å². The molecule has 6 heteroatoms. The number of cyclic esters (lactones) is 1. The molecule has 6 nitrogen and oxygen atoms in total. The largest absolute Gasteiger partial charge is 0.505 e. The number of rotatable bonds is 2. The molecule has 0 unspecified atom stereocenters. The molecule has 0 saturated heterocycles. The monoisotopic (exact) mass is 400 g/mol. The highest BCUT2D eigenvalue weighted by atomic mass is 16.6. The van der Waals surface area contributed by atoms with Gasteiger partial charge in [-0.05, 0) is 16.2 Å². The molecule has 1 rings (SSSR count). The SMILES string of the molecule is CC(C)(C)C(O)(C(C)(C)C)[C@@](O)(C(C)(C)C)[C@@]1(C(C)(C)C)OC(=O)C(O)=C1O. The Morgan fingerprint density at radius 3 is 1.25 bits per heavy atom. The molecule has 0 bridgehead atoms. The second kappa shape index (κ2) is 6.11. The lowest BCUT2D eigenvalue weighted by molar-refractivity contribution is -0.354. The highest BCUT2D eigenvalue weighted by molar-refractivity contribution is 5.90. The Bertz CT molecular complexity index is 664. The van der Waals surface area contributed by atoms with E-state index in [-0.39, 0.29) is 0 Å². The van der Waals surface area contributed by atoms with Crippen molar-refractivity contribution in [2.24, 2.45) is 21.7 Å². The Hall–Kier alpha value is -1.27. The Labute approximate surface area is 169 Å². The van der Waals surface area contributed by atoms with Crippen LogP contribution in [0.5, 0.6) is 0 Å². The van der Waals surface area contributed by atoms with Gasteiger partial charge in [0.05, 0.1) is 0 Å². The van der Waals surface area contributed by atoms with Gasteiger partial charge in [-0.2, -0.15) is 0 Å². The first-order chi connectivity index (χ1) is 11.9. The molecule has 0 spiro atoms. The van der Waals surface area contributed by atoms with Gasteiger partial charge in [0.1, 0.15) is 11.2 Å². The number of ether oxygens (including phenoxy) is 1. The number of carbonyl (C=O) groups excluding carboxylic acids is 1. The Morgan fingerprint density at radius 2 is 1.07 bits per heavy atom. The van der Waals surface area contributed by atoms with Crippen molar-refractivity contribution in [1.29, 1.82) is 0 Å². The van der Waals surface area contributed by atoms with Crippen LogP contribution in [-0.4, -0.2) is 43.2 Å². The molecule has 28 heavy (non-hydrogen) atoms. The molecule has 0 aromatic carbocycles. The van der Waals surface area contributed by atoms with Gasteiger partial charge in [0.2, 0.25) is 11.4 Å². The van der Waals surface area contributed by atoms with Gasteiger partial charge < -0.3 is 25.2 Å². The lowest BCUT2D eigenvalue weighted by Gasteiger charge is -2.68. The van der Waals surface area contributed by atoms with Crippen molar-refractivity contribution < 1.29 is 30.0 Å². The van der Waals surface area contributed by atoms with Gasteiger partial charge in [0.25, 0.3) is 0 Å². The van der Waals surface area contributed by atoms with Crippen LogP contribution < -0.4 is 0 Å². The van der Waals surface area contributed by atoms with Crippen LogP contribution in [0.15, 0.2) is 11.5 Å². The fraction of sp³-hybridized carbons (Fsp3) is 0.864. The van der Waals surface area contributed by atoms with Gasteiger partial charge in [-0.15, -0.1) is 0 Å². The smallest absolute Gasteiger partial charge is 0.378 e. The predicted molar refractivity (Wildman–Crippen MR) is 109 cm³/mol. The molecule has 1 aliphatic heterocycles. The third-order valence-electron chi connectivity index (χ3n) is 6.34. The van der Waals surface area contributed by atoms with E-state index in [4.69, 9.17) is 4.74 Å². The van der Waals surface area contributed by atoms with Crippen molar-refractivity contribution in [2.75, 3.05) is 0 Å². The van der Waals surface area contributed by atoms with Gasteiger partial charge in [0.15, 0.2) is 5.76 Å².